The smallest absolute Gasteiger partial charge is 0.335 e. The Bertz CT molecular complexity index is 582. The molecule has 1 unspecified atom stereocenters. The van der Waals surface area contributed by atoms with Crippen LogP contribution in [0.2, 0.25) is 0 Å². The Morgan fingerprint density at radius 1 is 1.40 bits per heavy atom. The Hall–Kier alpha value is -1.44. The number of rotatable bonds is 7. The molecule has 0 saturated heterocycles. The molecular formula is C13H19NO5S. The summed E-state index contributed by atoms with van der Waals surface area (Å²) >= 11 is 0. The first-order valence-electron chi connectivity index (χ1n) is 6.23. The van der Waals surface area contributed by atoms with Gasteiger partial charge in [-0.2, -0.15) is 0 Å². The highest BCUT2D eigenvalue weighted by molar-refractivity contribution is 7.89. The molecule has 0 aliphatic carbocycles. The number of carboxylic acids is 1. The number of sulfonamides is 1. The van der Waals surface area contributed by atoms with Crippen molar-refractivity contribution in [2.45, 2.75) is 25.2 Å². The van der Waals surface area contributed by atoms with Crippen LogP contribution >= 0.6 is 0 Å². The maximum Gasteiger partial charge on any atom is 0.335 e. The van der Waals surface area contributed by atoms with E-state index >= 15 is 0 Å². The van der Waals surface area contributed by atoms with Gasteiger partial charge in [-0.05, 0) is 37.0 Å². The van der Waals surface area contributed by atoms with Crippen molar-refractivity contribution in [3.63, 3.8) is 0 Å². The van der Waals surface area contributed by atoms with Gasteiger partial charge in [0, 0.05) is 13.2 Å². The lowest BCUT2D eigenvalue weighted by atomic mass is 10.1. The van der Waals surface area contributed by atoms with E-state index in [9.17, 15) is 13.2 Å². The van der Waals surface area contributed by atoms with E-state index in [1.807, 2.05) is 6.92 Å². The molecule has 0 aliphatic rings. The van der Waals surface area contributed by atoms with Gasteiger partial charge in [-0.1, -0.05) is 13.0 Å². The van der Waals surface area contributed by atoms with E-state index in [2.05, 4.69) is 4.72 Å². The van der Waals surface area contributed by atoms with Crippen LogP contribution in [0.3, 0.4) is 0 Å². The molecule has 0 spiro atoms. The lowest BCUT2D eigenvalue weighted by Crippen LogP contribution is -2.29. The summed E-state index contributed by atoms with van der Waals surface area (Å²) in [6, 6.07) is 4.15. The van der Waals surface area contributed by atoms with Crippen molar-refractivity contribution in [3.05, 3.63) is 29.3 Å². The van der Waals surface area contributed by atoms with E-state index in [1.54, 1.807) is 0 Å². The van der Waals surface area contributed by atoms with Crippen LogP contribution in [-0.4, -0.2) is 37.8 Å². The summed E-state index contributed by atoms with van der Waals surface area (Å²) in [5.74, 6) is -1.16. The minimum atomic E-state index is -3.76. The number of aliphatic hydroxyl groups is 1. The minimum absolute atomic E-state index is 0.00209. The average Bonchev–Trinajstić information content (AvgIpc) is 2.36. The van der Waals surface area contributed by atoms with Gasteiger partial charge < -0.3 is 10.2 Å². The van der Waals surface area contributed by atoms with Crippen LogP contribution in [0.15, 0.2) is 23.1 Å². The predicted octanol–water partition coefficient (Wildman–Crippen LogP) is 0.990. The monoisotopic (exact) mass is 301 g/mol. The predicted molar refractivity (Wildman–Crippen MR) is 74.2 cm³/mol. The molecule has 1 atom stereocenters. The zero-order valence-electron chi connectivity index (χ0n) is 11.5. The summed E-state index contributed by atoms with van der Waals surface area (Å²) in [5, 5.41) is 17.8. The number of hydrogen-bond donors (Lipinski definition) is 3. The van der Waals surface area contributed by atoms with Crippen molar-refractivity contribution < 1.29 is 23.4 Å². The molecule has 112 valence electrons. The summed E-state index contributed by atoms with van der Waals surface area (Å²) in [7, 11) is -3.76. The molecule has 0 heterocycles. The van der Waals surface area contributed by atoms with E-state index in [-0.39, 0.29) is 35.1 Å². The van der Waals surface area contributed by atoms with E-state index in [1.165, 1.54) is 25.1 Å². The quantitative estimate of drug-likeness (QED) is 0.697. The van der Waals surface area contributed by atoms with Crippen LogP contribution in [0.1, 0.15) is 29.3 Å². The molecule has 0 radical (unpaired) electrons. The minimum Gasteiger partial charge on any atom is -0.478 e. The second kappa shape index (κ2) is 6.83. The number of nitrogens with one attached hydrogen (secondary N) is 1. The second-order valence-electron chi connectivity index (χ2n) is 4.70. The van der Waals surface area contributed by atoms with E-state index < -0.39 is 16.0 Å². The molecule has 7 heteroatoms. The highest BCUT2D eigenvalue weighted by Gasteiger charge is 2.20. The van der Waals surface area contributed by atoms with Crippen molar-refractivity contribution in [2.24, 2.45) is 5.92 Å². The van der Waals surface area contributed by atoms with E-state index in [0.717, 1.165) is 0 Å². The summed E-state index contributed by atoms with van der Waals surface area (Å²) in [6.07, 6.45) is 0.497. The number of aromatic carboxylic acids is 1. The number of hydrogen-bond acceptors (Lipinski definition) is 4. The molecule has 1 aromatic rings. The van der Waals surface area contributed by atoms with Gasteiger partial charge in [-0.15, -0.1) is 0 Å². The molecule has 6 nitrogen and oxygen atoms in total. The number of benzene rings is 1. The van der Waals surface area contributed by atoms with Gasteiger partial charge in [0.05, 0.1) is 10.5 Å². The van der Waals surface area contributed by atoms with Gasteiger partial charge in [0.15, 0.2) is 0 Å². The van der Waals surface area contributed by atoms with Crippen molar-refractivity contribution in [2.75, 3.05) is 13.2 Å². The van der Waals surface area contributed by atoms with Crippen molar-refractivity contribution in [3.8, 4) is 0 Å². The number of carboxylic acid groups (broad SMARTS) is 1. The first-order chi connectivity index (χ1) is 9.29. The van der Waals surface area contributed by atoms with Crippen molar-refractivity contribution >= 4 is 16.0 Å². The van der Waals surface area contributed by atoms with Gasteiger partial charge in [0.1, 0.15) is 0 Å². The van der Waals surface area contributed by atoms with Crippen LogP contribution in [-0.2, 0) is 10.0 Å². The highest BCUT2D eigenvalue weighted by atomic mass is 32.2. The fourth-order valence-corrected chi connectivity index (χ4v) is 3.22. The fraction of sp³-hybridized carbons (Fsp3) is 0.462. The van der Waals surface area contributed by atoms with Crippen LogP contribution in [0.5, 0.6) is 0 Å². The molecular weight excluding hydrogens is 282 g/mol. The fourth-order valence-electron chi connectivity index (χ4n) is 1.79. The zero-order chi connectivity index (χ0) is 15.3. The average molecular weight is 301 g/mol. The molecule has 0 saturated carbocycles. The highest BCUT2D eigenvalue weighted by Crippen LogP contribution is 2.19. The lowest BCUT2D eigenvalue weighted by molar-refractivity contribution is 0.0696. The third-order valence-corrected chi connectivity index (χ3v) is 4.62. The Labute approximate surface area is 118 Å². The number of carbonyl (C=O) groups is 1. The molecule has 0 aliphatic heterocycles. The van der Waals surface area contributed by atoms with Gasteiger partial charge in [-0.3, -0.25) is 0 Å². The van der Waals surface area contributed by atoms with Gasteiger partial charge in [0.2, 0.25) is 10.0 Å². The zero-order valence-corrected chi connectivity index (χ0v) is 12.3. The molecule has 1 rings (SSSR count). The van der Waals surface area contributed by atoms with Gasteiger partial charge in [0.25, 0.3) is 0 Å². The molecule has 0 bridgehead atoms. The number of aliphatic hydroxyl groups excluding tert-OH is 1. The molecule has 0 amide bonds. The SMILES string of the molecule is Cc1c(C(=O)O)cccc1S(=O)(=O)NCC(C)CCO. The van der Waals surface area contributed by atoms with Crippen molar-refractivity contribution in [1.82, 2.24) is 4.72 Å². The summed E-state index contributed by atoms with van der Waals surface area (Å²) in [6.45, 7) is 3.48. The topological polar surface area (TPSA) is 104 Å². The second-order valence-corrected chi connectivity index (χ2v) is 6.44. The first-order valence-corrected chi connectivity index (χ1v) is 7.71. The molecule has 3 N–H and O–H groups in total. The summed E-state index contributed by atoms with van der Waals surface area (Å²) < 4.78 is 26.8. The van der Waals surface area contributed by atoms with E-state index in [0.29, 0.717) is 6.42 Å². The molecule has 1 aromatic carbocycles. The Balaban J connectivity index is 2.99. The Morgan fingerprint density at radius 3 is 2.60 bits per heavy atom. The lowest BCUT2D eigenvalue weighted by Gasteiger charge is -2.14. The standard InChI is InChI=1S/C13H19NO5S/c1-9(6-7-15)8-14-20(18,19)12-5-3-4-11(10(12)2)13(16)17/h3-5,9,14-15H,6-8H2,1-2H3,(H,16,17). The van der Waals surface area contributed by atoms with Crippen LogP contribution in [0.25, 0.3) is 0 Å². The van der Waals surface area contributed by atoms with Crippen LogP contribution in [0, 0.1) is 12.8 Å². The van der Waals surface area contributed by atoms with Crippen LogP contribution < -0.4 is 4.72 Å². The maximum absolute atomic E-state index is 12.2. The van der Waals surface area contributed by atoms with Crippen LogP contribution in [0.4, 0.5) is 0 Å². The molecule has 20 heavy (non-hydrogen) atoms. The molecule has 0 aromatic heterocycles. The maximum atomic E-state index is 12.2. The van der Waals surface area contributed by atoms with Crippen molar-refractivity contribution in [1.29, 1.82) is 0 Å². The third kappa shape index (κ3) is 4.03. The summed E-state index contributed by atoms with van der Waals surface area (Å²) in [5.41, 5.74) is 0.179. The molecule has 0 fully saturated rings. The summed E-state index contributed by atoms with van der Waals surface area (Å²) in [4.78, 5) is 11.0. The third-order valence-electron chi connectivity index (χ3n) is 3.05. The van der Waals surface area contributed by atoms with E-state index in [4.69, 9.17) is 10.2 Å². The van der Waals surface area contributed by atoms with Gasteiger partial charge in [-0.25, -0.2) is 17.9 Å². The normalized spacial score (nSPS) is 13.2. The Morgan fingerprint density at radius 2 is 2.05 bits per heavy atom. The largest absolute Gasteiger partial charge is 0.478 e. The first kappa shape index (κ1) is 16.6. The Kier molecular flexibility index (Phi) is 5.67. The van der Waals surface area contributed by atoms with Gasteiger partial charge >= 0.3 is 5.97 Å².